The molecule has 2 amide bonds. The third-order valence-electron chi connectivity index (χ3n) is 5.70. The Labute approximate surface area is 209 Å². The molecule has 3 aromatic rings. The highest BCUT2D eigenvalue weighted by Crippen LogP contribution is 2.37. The Kier molecular flexibility index (Phi) is 8.31. The van der Waals surface area contributed by atoms with Crippen LogP contribution in [-0.4, -0.2) is 46.8 Å². The summed E-state index contributed by atoms with van der Waals surface area (Å²) in [5.41, 5.74) is 2.73. The molecule has 1 aliphatic rings. The van der Waals surface area contributed by atoms with Gasteiger partial charge >= 0.3 is 0 Å². The number of aromatic nitrogens is 2. The molecular formula is C26H30N4O4S. The number of anilines is 1. The zero-order chi connectivity index (χ0) is 24.6. The highest BCUT2D eigenvalue weighted by molar-refractivity contribution is 7.18. The molecule has 1 aliphatic heterocycles. The number of fused-ring (bicyclic) bond motifs is 1. The number of hydrogen-bond acceptors (Lipinski definition) is 7. The number of benzene rings is 2. The molecule has 2 aromatic carbocycles. The summed E-state index contributed by atoms with van der Waals surface area (Å²) >= 11 is 1.28. The van der Waals surface area contributed by atoms with E-state index in [1.54, 1.807) is 4.90 Å². The SMILES string of the molecule is CCCCc1ccc(C(=O)N(CCC)CCC(=O)Nc2nnc(-c3ccc4c(c3)OCO4)s2)cc1. The second-order valence-corrected chi connectivity index (χ2v) is 9.35. The van der Waals surface area contributed by atoms with Gasteiger partial charge in [-0.3, -0.25) is 9.59 Å². The average Bonchev–Trinajstić information content (AvgIpc) is 3.54. The van der Waals surface area contributed by atoms with Crippen LogP contribution in [0.15, 0.2) is 42.5 Å². The van der Waals surface area contributed by atoms with E-state index in [1.165, 1.54) is 16.9 Å². The van der Waals surface area contributed by atoms with Gasteiger partial charge in [-0.05, 0) is 55.2 Å². The topological polar surface area (TPSA) is 93.7 Å². The molecule has 1 N–H and O–H groups in total. The summed E-state index contributed by atoms with van der Waals surface area (Å²) in [6.07, 6.45) is 4.29. The fraction of sp³-hybridized carbons (Fsp3) is 0.385. The Morgan fingerprint density at radius 2 is 1.80 bits per heavy atom. The lowest BCUT2D eigenvalue weighted by atomic mass is 10.1. The van der Waals surface area contributed by atoms with Gasteiger partial charge < -0.3 is 19.7 Å². The summed E-state index contributed by atoms with van der Waals surface area (Å²) in [5, 5.41) is 12.1. The highest BCUT2D eigenvalue weighted by atomic mass is 32.1. The van der Waals surface area contributed by atoms with Gasteiger partial charge in [-0.1, -0.05) is 43.7 Å². The van der Waals surface area contributed by atoms with E-state index < -0.39 is 0 Å². The maximum atomic E-state index is 13.0. The van der Waals surface area contributed by atoms with Crippen molar-refractivity contribution in [2.24, 2.45) is 0 Å². The van der Waals surface area contributed by atoms with Crippen LogP contribution in [0.2, 0.25) is 0 Å². The number of carbonyl (C=O) groups excluding carboxylic acids is 2. The average molecular weight is 495 g/mol. The van der Waals surface area contributed by atoms with Crippen LogP contribution in [0.4, 0.5) is 5.13 Å². The van der Waals surface area contributed by atoms with Crippen molar-refractivity contribution in [1.29, 1.82) is 0 Å². The third kappa shape index (κ3) is 6.36. The minimum Gasteiger partial charge on any atom is -0.454 e. The van der Waals surface area contributed by atoms with Crippen LogP contribution >= 0.6 is 11.3 Å². The molecule has 35 heavy (non-hydrogen) atoms. The van der Waals surface area contributed by atoms with E-state index in [9.17, 15) is 9.59 Å². The highest BCUT2D eigenvalue weighted by Gasteiger charge is 2.18. The van der Waals surface area contributed by atoms with Gasteiger partial charge in [0.2, 0.25) is 17.8 Å². The monoisotopic (exact) mass is 494 g/mol. The van der Waals surface area contributed by atoms with Crippen molar-refractivity contribution >= 4 is 28.3 Å². The number of ether oxygens (including phenoxy) is 2. The number of nitrogens with zero attached hydrogens (tertiary/aromatic N) is 3. The molecule has 2 heterocycles. The van der Waals surface area contributed by atoms with Crippen molar-refractivity contribution in [2.75, 3.05) is 25.2 Å². The zero-order valence-electron chi connectivity index (χ0n) is 20.1. The molecule has 0 saturated carbocycles. The third-order valence-corrected chi connectivity index (χ3v) is 6.59. The Bertz CT molecular complexity index is 1160. The lowest BCUT2D eigenvalue weighted by Crippen LogP contribution is -2.34. The van der Waals surface area contributed by atoms with Crippen LogP contribution in [0.5, 0.6) is 11.5 Å². The van der Waals surface area contributed by atoms with Crippen molar-refractivity contribution in [3.05, 3.63) is 53.6 Å². The van der Waals surface area contributed by atoms with Gasteiger partial charge in [0.25, 0.3) is 5.91 Å². The first kappa shape index (κ1) is 24.7. The molecular weight excluding hydrogens is 464 g/mol. The van der Waals surface area contributed by atoms with E-state index in [-0.39, 0.29) is 25.0 Å². The summed E-state index contributed by atoms with van der Waals surface area (Å²) in [5.74, 6) is 1.11. The molecule has 0 bridgehead atoms. The first-order valence-electron chi connectivity index (χ1n) is 12.0. The Morgan fingerprint density at radius 1 is 1.00 bits per heavy atom. The molecule has 0 fully saturated rings. The molecule has 0 radical (unpaired) electrons. The van der Waals surface area contributed by atoms with E-state index in [2.05, 4.69) is 22.4 Å². The lowest BCUT2D eigenvalue weighted by molar-refractivity contribution is -0.116. The minimum absolute atomic E-state index is 0.0531. The summed E-state index contributed by atoms with van der Waals surface area (Å²) < 4.78 is 10.7. The fourth-order valence-electron chi connectivity index (χ4n) is 3.80. The van der Waals surface area contributed by atoms with E-state index in [1.807, 2.05) is 49.4 Å². The minimum atomic E-state index is -0.206. The van der Waals surface area contributed by atoms with E-state index in [4.69, 9.17) is 9.47 Å². The lowest BCUT2D eigenvalue weighted by Gasteiger charge is -2.22. The van der Waals surface area contributed by atoms with E-state index in [0.717, 1.165) is 31.2 Å². The molecule has 0 spiro atoms. The predicted octanol–water partition coefficient (Wildman–Crippen LogP) is 5.16. The number of rotatable bonds is 11. The van der Waals surface area contributed by atoms with Gasteiger partial charge in [-0.2, -0.15) is 0 Å². The molecule has 9 heteroatoms. The fourth-order valence-corrected chi connectivity index (χ4v) is 4.56. The predicted molar refractivity (Wildman–Crippen MR) is 136 cm³/mol. The van der Waals surface area contributed by atoms with Crippen molar-refractivity contribution in [3.8, 4) is 22.1 Å². The summed E-state index contributed by atoms with van der Waals surface area (Å²) in [6, 6.07) is 13.4. The molecule has 8 nitrogen and oxygen atoms in total. The van der Waals surface area contributed by atoms with Crippen molar-refractivity contribution in [1.82, 2.24) is 15.1 Å². The summed E-state index contributed by atoms with van der Waals surface area (Å²) in [6.45, 7) is 5.33. The van der Waals surface area contributed by atoms with Crippen molar-refractivity contribution in [3.63, 3.8) is 0 Å². The number of aryl methyl sites for hydroxylation is 1. The van der Waals surface area contributed by atoms with Crippen LogP contribution in [-0.2, 0) is 11.2 Å². The van der Waals surface area contributed by atoms with E-state index in [0.29, 0.717) is 40.3 Å². The van der Waals surface area contributed by atoms with Crippen LogP contribution in [0.3, 0.4) is 0 Å². The second-order valence-electron chi connectivity index (χ2n) is 8.37. The van der Waals surface area contributed by atoms with Gasteiger partial charge in [0.1, 0.15) is 5.01 Å². The van der Waals surface area contributed by atoms with Crippen LogP contribution in [0.1, 0.15) is 55.5 Å². The summed E-state index contributed by atoms with van der Waals surface area (Å²) in [7, 11) is 0. The second kappa shape index (κ2) is 11.8. The number of hydrogen-bond donors (Lipinski definition) is 1. The van der Waals surface area contributed by atoms with Gasteiger partial charge in [0, 0.05) is 30.6 Å². The number of carbonyl (C=O) groups is 2. The molecule has 0 saturated heterocycles. The molecule has 0 unspecified atom stereocenters. The van der Waals surface area contributed by atoms with Gasteiger partial charge in [-0.15, -0.1) is 10.2 Å². The van der Waals surface area contributed by atoms with Crippen molar-refractivity contribution in [2.45, 2.75) is 46.0 Å². The molecule has 4 rings (SSSR count). The van der Waals surface area contributed by atoms with Crippen LogP contribution < -0.4 is 14.8 Å². The standard InChI is InChI=1S/C26H30N4O4S/c1-3-5-6-18-7-9-19(10-8-18)25(32)30(14-4-2)15-13-23(31)27-26-29-28-24(35-26)20-11-12-21-22(16-20)34-17-33-21/h7-12,16H,3-6,13-15,17H2,1-2H3,(H,27,29,31). The molecule has 0 aliphatic carbocycles. The number of nitrogens with one attached hydrogen (secondary N) is 1. The van der Waals surface area contributed by atoms with Crippen LogP contribution in [0, 0.1) is 0 Å². The maximum absolute atomic E-state index is 13.0. The quantitative estimate of drug-likeness (QED) is 0.396. The Morgan fingerprint density at radius 3 is 2.57 bits per heavy atom. The molecule has 1 aromatic heterocycles. The van der Waals surface area contributed by atoms with Gasteiger partial charge in [0.05, 0.1) is 0 Å². The number of unbranched alkanes of at least 4 members (excludes halogenated alkanes) is 1. The van der Waals surface area contributed by atoms with Gasteiger partial charge in [0.15, 0.2) is 11.5 Å². The first-order chi connectivity index (χ1) is 17.1. The maximum Gasteiger partial charge on any atom is 0.253 e. The first-order valence-corrected chi connectivity index (χ1v) is 12.8. The Hall–Kier alpha value is -3.46. The normalized spacial score (nSPS) is 11.9. The zero-order valence-corrected chi connectivity index (χ0v) is 20.9. The largest absolute Gasteiger partial charge is 0.454 e. The van der Waals surface area contributed by atoms with Crippen molar-refractivity contribution < 1.29 is 19.1 Å². The van der Waals surface area contributed by atoms with Gasteiger partial charge in [-0.25, -0.2) is 0 Å². The molecule has 0 atom stereocenters. The summed E-state index contributed by atoms with van der Waals surface area (Å²) in [4.78, 5) is 27.3. The smallest absolute Gasteiger partial charge is 0.253 e. The van der Waals surface area contributed by atoms with E-state index >= 15 is 0 Å². The van der Waals surface area contributed by atoms with Crippen LogP contribution in [0.25, 0.3) is 10.6 Å². The number of amides is 2. The molecule has 184 valence electrons. The Balaban J connectivity index is 1.32.